The van der Waals surface area contributed by atoms with Gasteiger partial charge in [-0.05, 0) is 73.4 Å². The molecule has 0 aliphatic heterocycles. The molecule has 222 valence electrons. The number of rotatable bonds is 20. The van der Waals surface area contributed by atoms with Crippen molar-refractivity contribution in [3.8, 4) is 22.9 Å². The number of carbonyl (C=O) groups is 1. The molecule has 6 heteroatoms. The van der Waals surface area contributed by atoms with Crippen LogP contribution in [-0.4, -0.2) is 28.7 Å². The number of carbonyl (C=O) groups excluding carboxylic acids is 1. The lowest BCUT2D eigenvalue weighted by Gasteiger charge is -2.11. The van der Waals surface area contributed by atoms with Crippen molar-refractivity contribution in [2.45, 2.75) is 110 Å². The molecule has 1 aromatic heterocycles. The average Bonchev–Trinajstić information content (AvgIpc) is 3.00. The minimum atomic E-state index is -0.984. The Bertz CT molecular complexity index is 1120. The second-order valence-electron chi connectivity index (χ2n) is 10.8. The number of ether oxygens (including phenoxy) is 2. The summed E-state index contributed by atoms with van der Waals surface area (Å²) in [5.74, 6) is 1.15. The molecule has 5 nitrogen and oxygen atoms in total. The zero-order valence-electron chi connectivity index (χ0n) is 25.0. The summed E-state index contributed by atoms with van der Waals surface area (Å²) in [5.41, 5.74) is 2.42. The zero-order valence-corrected chi connectivity index (χ0v) is 25.0. The number of esters is 1. The van der Waals surface area contributed by atoms with Crippen LogP contribution >= 0.6 is 0 Å². The third-order valence-corrected chi connectivity index (χ3v) is 7.24. The molecule has 0 spiro atoms. The molecule has 1 unspecified atom stereocenters. The van der Waals surface area contributed by atoms with Crippen molar-refractivity contribution in [1.29, 1.82) is 0 Å². The normalized spacial score (nSPS) is 11.8. The molecule has 0 aliphatic carbocycles. The lowest BCUT2D eigenvalue weighted by molar-refractivity contribution is 0.0734. The highest BCUT2D eigenvalue weighted by Gasteiger charge is 2.11. The lowest BCUT2D eigenvalue weighted by Crippen LogP contribution is -2.13. The Balaban J connectivity index is 1.39. The van der Waals surface area contributed by atoms with E-state index >= 15 is 0 Å². The van der Waals surface area contributed by atoms with E-state index in [2.05, 4.69) is 23.8 Å². The summed E-state index contributed by atoms with van der Waals surface area (Å²) < 4.78 is 25.3. The van der Waals surface area contributed by atoms with Crippen molar-refractivity contribution in [2.24, 2.45) is 0 Å². The molecule has 1 atom stereocenters. The Labute approximate surface area is 245 Å². The van der Waals surface area contributed by atoms with Crippen LogP contribution in [0.1, 0.15) is 113 Å². The van der Waals surface area contributed by atoms with Crippen molar-refractivity contribution in [3.63, 3.8) is 0 Å². The van der Waals surface area contributed by atoms with Crippen molar-refractivity contribution in [1.82, 2.24) is 9.97 Å². The van der Waals surface area contributed by atoms with E-state index in [4.69, 9.17) is 9.47 Å². The largest absolute Gasteiger partial charge is 0.491 e. The number of hydrogen-bond acceptors (Lipinski definition) is 5. The van der Waals surface area contributed by atoms with E-state index in [0.29, 0.717) is 29.3 Å². The molecular formula is C35H47FN2O3. The Morgan fingerprint density at radius 3 is 1.93 bits per heavy atom. The fourth-order valence-electron chi connectivity index (χ4n) is 4.68. The van der Waals surface area contributed by atoms with Gasteiger partial charge >= 0.3 is 5.97 Å². The summed E-state index contributed by atoms with van der Waals surface area (Å²) in [5, 5.41) is 0. The maximum Gasteiger partial charge on any atom is 0.343 e. The molecule has 2 aromatic carbocycles. The average molecular weight is 563 g/mol. The Kier molecular flexibility index (Phi) is 14.9. The molecule has 0 N–H and O–H groups in total. The molecule has 0 amide bonds. The number of halogens is 1. The first-order chi connectivity index (χ1) is 20.1. The molecule has 0 aliphatic rings. The van der Waals surface area contributed by atoms with Crippen LogP contribution in [0.5, 0.6) is 11.5 Å². The maximum absolute atomic E-state index is 14.1. The molecule has 0 bridgehead atoms. The molecule has 0 saturated heterocycles. The van der Waals surface area contributed by atoms with Gasteiger partial charge in [0, 0.05) is 18.0 Å². The minimum Gasteiger partial charge on any atom is -0.491 e. The van der Waals surface area contributed by atoms with Gasteiger partial charge < -0.3 is 9.47 Å². The summed E-state index contributed by atoms with van der Waals surface area (Å²) in [6.07, 6.45) is 18.8. The monoisotopic (exact) mass is 562 g/mol. The number of unbranched alkanes of at least 4 members (excludes halogenated alkanes) is 10. The third-order valence-electron chi connectivity index (χ3n) is 7.24. The van der Waals surface area contributed by atoms with E-state index < -0.39 is 12.1 Å². The first-order valence-corrected chi connectivity index (χ1v) is 15.6. The molecule has 3 rings (SSSR count). The summed E-state index contributed by atoms with van der Waals surface area (Å²) in [7, 11) is 0. The van der Waals surface area contributed by atoms with Gasteiger partial charge in [-0.15, -0.1) is 0 Å². The fourth-order valence-corrected chi connectivity index (χ4v) is 4.68. The van der Waals surface area contributed by atoms with Gasteiger partial charge in [0.1, 0.15) is 24.3 Å². The second-order valence-corrected chi connectivity index (χ2v) is 10.8. The summed E-state index contributed by atoms with van der Waals surface area (Å²) in [6.45, 7) is 4.45. The zero-order chi connectivity index (χ0) is 29.1. The van der Waals surface area contributed by atoms with Crippen molar-refractivity contribution in [3.05, 3.63) is 72.1 Å². The van der Waals surface area contributed by atoms with Gasteiger partial charge in [0.15, 0.2) is 5.82 Å². The molecule has 41 heavy (non-hydrogen) atoms. The standard InChI is InChI=1S/C35H47FN2O3/c1-3-5-7-9-11-13-15-28-25-37-34(38-26-28)29-17-23-33(24-18-29)41-35(39)30-19-21-32(22-20-30)40-27-31(36)16-14-12-10-8-6-4-2/h17-26,31H,3-16,27H2,1-2H3. The number of hydrogen-bond donors (Lipinski definition) is 0. The number of alkyl halides is 1. The first kappa shape index (κ1) is 32.2. The van der Waals surface area contributed by atoms with E-state index in [1.807, 2.05) is 24.5 Å². The van der Waals surface area contributed by atoms with Crippen LogP contribution < -0.4 is 9.47 Å². The Morgan fingerprint density at radius 1 is 0.732 bits per heavy atom. The number of benzene rings is 2. The molecule has 0 saturated carbocycles. The summed E-state index contributed by atoms with van der Waals surface area (Å²) in [4.78, 5) is 21.7. The van der Waals surface area contributed by atoms with Crippen LogP contribution in [-0.2, 0) is 6.42 Å². The highest BCUT2D eigenvalue weighted by atomic mass is 19.1. The van der Waals surface area contributed by atoms with Crippen LogP contribution in [0.4, 0.5) is 4.39 Å². The van der Waals surface area contributed by atoms with Gasteiger partial charge in [0.2, 0.25) is 0 Å². The molecule has 3 aromatic rings. The van der Waals surface area contributed by atoms with Gasteiger partial charge in [-0.2, -0.15) is 0 Å². The Morgan fingerprint density at radius 2 is 1.29 bits per heavy atom. The van der Waals surface area contributed by atoms with Gasteiger partial charge in [-0.3, -0.25) is 0 Å². The smallest absolute Gasteiger partial charge is 0.343 e. The van der Waals surface area contributed by atoms with Gasteiger partial charge in [0.05, 0.1) is 5.56 Å². The van der Waals surface area contributed by atoms with E-state index in [1.165, 1.54) is 64.2 Å². The number of aryl methyl sites for hydroxylation is 1. The maximum atomic E-state index is 14.1. The predicted octanol–water partition coefficient (Wildman–Crippen LogP) is 9.73. The van der Waals surface area contributed by atoms with Crippen LogP contribution in [0.3, 0.4) is 0 Å². The fraction of sp³-hybridized carbons (Fsp3) is 0.514. The number of nitrogens with zero attached hydrogens (tertiary/aromatic N) is 2. The number of aromatic nitrogens is 2. The highest BCUT2D eigenvalue weighted by molar-refractivity contribution is 5.91. The first-order valence-electron chi connectivity index (χ1n) is 15.6. The molecule has 0 radical (unpaired) electrons. The van der Waals surface area contributed by atoms with Crippen LogP contribution in [0.2, 0.25) is 0 Å². The topological polar surface area (TPSA) is 61.3 Å². The van der Waals surface area contributed by atoms with Gasteiger partial charge in [0.25, 0.3) is 0 Å². The lowest BCUT2D eigenvalue weighted by atomic mass is 10.1. The van der Waals surface area contributed by atoms with Gasteiger partial charge in [-0.1, -0.05) is 84.5 Å². The van der Waals surface area contributed by atoms with E-state index in [-0.39, 0.29) is 6.61 Å². The van der Waals surface area contributed by atoms with Crippen molar-refractivity contribution in [2.75, 3.05) is 6.61 Å². The molecular weight excluding hydrogens is 515 g/mol. The molecule has 0 fully saturated rings. The molecule has 1 heterocycles. The van der Waals surface area contributed by atoms with E-state index in [1.54, 1.807) is 36.4 Å². The predicted molar refractivity (Wildman–Crippen MR) is 164 cm³/mol. The van der Waals surface area contributed by atoms with Gasteiger partial charge in [-0.25, -0.2) is 19.2 Å². The van der Waals surface area contributed by atoms with E-state index in [0.717, 1.165) is 30.4 Å². The van der Waals surface area contributed by atoms with Crippen LogP contribution in [0.15, 0.2) is 60.9 Å². The quantitative estimate of drug-likeness (QED) is 0.0779. The van der Waals surface area contributed by atoms with Crippen molar-refractivity contribution >= 4 is 5.97 Å². The van der Waals surface area contributed by atoms with E-state index in [9.17, 15) is 9.18 Å². The highest BCUT2D eigenvalue weighted by Crippen LogP contribution is 2.22. The minimum absolute atomic E-state index is 0.0245. The van der Waals surface area contributed by atoms with Crippen LogP contribution in [0.25, 0.3) is 11.4 Å². The van der Waals surface area contributed by atoms with Crippen molar-refractivity contribution < 1.29 is 18.7 Å². The SMILES string of the molecule is CCCCCCCCc1cnc(-c2ccc(OC(=O)c3ccc(OCC(F)CCCCCCCC)cc3)cc2)nc1. The summed E-state index contributed by atoms with van der Waals surface area (Å²) >= 11 is 0. The summed E-state index contributed by atoms with van der Waals surface area (Å²) in [6, 6.07) is 13.8. The second kappa shape index (κ2) is 19.0. The van der Waals surface area contributed by atoms with Crippen LogP contribution in [0, 0.1) is 0 Å². The Hall–Kier alpha value is -3.28. The third kappa shape index (κ3) is 12.4.